The number of anilines is 1. The number of carbonyl (C=O) groups excluding carboxylic acids is 3. The van der Waals surface area contributed by atoms with E-state index in [1.165, 1.54) is 0 Å². The highest BCUT2D eigenvalue weighted by Gasteiger charge is 2.27. The Bertz CT molecular complexity index is 985. The molecule has 1 amide bonds. The van der Waals surface area contributed by atoms with E-state index < -0.39 is 17.8 Å². The zero-order valence-electron chi connectivity index (χ0n) is 18.4. The third kappa shape index (κ3) is 6.76. The second-order valence-electron chi connectivity index (χ2n) is 6.49. The van der Waals surface area contributed by atoms with E-state index in [2.05, 4.69) is 17.6 Å². The third-order valence-electron chi connectivity index (χ3n) is 4.27. The van der Waals surface area contributed by atoms with Gasteiger partial charge in [0, 0.05) is 0 Å². The Morgan fingerprint density at radius 1 is 1.00 bits per heavy atom. The van der Waals surface area contributed by atoms with Gasteiger partial charge in [-0.25, -0.2) is 9.59 Å². The second kappa shape index (κ2) is 12.2. The zero-order valence-corrected chi connectivity index (χ0v) is 20.0. The topological polar surface area (TPSA) is 103 Å². The summed E-state index contributed by atoms with van der Waals surface area (Å²) in [7, 11) is 0. The Morgan fingerprint density at radius 2 is 1.62 bits per heavy atom. The summed E-state index contributed by atoms with van der Waals surface area (Å²) in [4.78, 5) is 37.1. The van der Waals surface area contributed by atoms with Gasteiger partial charge >= 0.3 is 11.9 Å². The smallest absolute Gasteiger partial charge is 0.348 e. The number of benzene rings is 1. The summed E-state index contributed by atoms with van der Waals surface area (Å²) in [5.41, 5.74) is 1.75. The molecule has 0 saturated carbocycles. The highest BCUT2D eigenvalue weighted by molar-refractivity contribution is 7.80. The molecule has 1 aromatic carbocycles. The maximum absolute atomic E-state index is 12.4. The molecule has 0 saturated heterocycles. The number of amides is 1. The van der Waals surface area contributed by atoms with Gasteiger partial charge in [0.25, 0.3) is 5.91 Å². The number of carbonyl (C=O) groups is 3. The maximum atomic E-state index is 12.4. The molecule has 32 heavy (non-hydrogen) atoms. The van der Waals surface area contributed by atoms with Gasteiger partial charge in [0.15, 0.2) is 11.7 Å². The van der Waals surface area contributed by atoms with Crippen LogP contribution >= 0.6 is 23.6 Å². The van der Waals surface area contributed by atoms with Crippen LogP contribution in [0, 0.1) is 6.92 Å². The first kappa shape index (κ1) is 25.3. The quantitative estimate of drug-likeness (QED) is 0.414. The Morgan fingerprint density at radius 3 is 2.22 bits per heavy atom. The molecule has 172 valence electrons. The van der Waals surface area contributed by atoms with Crippen LogP contribution in [0.2, 0.25) is 0 Å². The minimum absolute atomic E-state index is 0.0397. The van der Waals surface area contributed by atoms with Gasteiger partial charge in [0.05, 0.1) is 18.8 Å². The summed E-state index contributed by atoms with van der Waals surface area (Å²) in [6.45, 7) is 7.17. The van der Waals surface area contributed by atoms with Crippen molar-refractivity contribution in [3.63, 3.8) is 0 Å². The van der Waals surface area contributed by atoms with Gasteiger partial charge in [-0.15, -0.1) is 11.3 Å². The van der Waals surface area contributed by atoms with Gasteiger partial charge in [-0.3, -0.25) is 10.1 Å². The Kier molecular flexibility index (Phi) is 9.61. The first-order valence-corrected chi connectivity index (χ1v) is 11.3. The predicted octanol–water partition coefficient (Wildman–Crippen LogP) is 3.86. The van der Waals surface area contributed by atoms with E-state index in [0.717, 1.165) is 23.3 Å². The molecule has 10 heteroatoms. The summed E-state index contributed by atoms with van der Waals surface area (Å²) < 4.78 is 15.6. The molecule has 0 unspecified atom stereocenters. The largest absolute Gasteiger partial charge is 0.484 e. The molecule has 0 spiro atoms. The summed E-state index contributed by atoms with van der Waals surface area (Å²) in [5.74, 6) is -1.06. The SMILES string of the molecule is CCOC(=O)c1sc(NC(=S)NC(=O)COc2ccc(CC)cc2)c(C(=O)OCC)c1C. The Hall–Kier alpha value is -2.98. The van der Waals surface area contributed by atoms with Crippen molar-refractivity contribution in [3.8, 4) is 5.75 Å². The molecule has 0 bridgehead atoms. The average molecular weight is 479 g/mol. The van der Waals surface area contributed by atoms with E-state index in [-0.39, 0.29) is 40.4 Å². The lowest BCUT2D eigenvalue weighted by Gasteiger charge is -2.11. The average Bonchev–Trinajstić information content (AvgIpc) is 3.08. The van der Waals surface area contributed by atoms with Crippen molar-refractivity contribution in [1.82, 2.24) is 5.32 Å². The summed E-state index contributed by atoms with van der Waals surface area (Å²) in [5, 5.41) is 5.55. The Labute approximate surface area is 196 Å². The van der Waals surface area contributed by atoms with Crippen molar-refractivity contribution in [2.24, 2.45) is 0 Å². The van der Waals surface area contributed by atoms with Gasteiger partial charge in [0.1, 0.15) is 15.6 Å². The molecule has 2 rings (SSSR count). The molecule has 2 aromatic rings. The zero-order chi connectivity index (χ0) is 23.7. The third-order valence-corrected chi connectivity index (χ3v) is 5.66. The fourth-order valence-corrected chi connectivity index (χ4v) is 4.08. The van der Waals surface area contributed by atoms with Gasteiger partial charge in [-0.1, -0.05) is 19.1 Å². The lowest BCUT2D eigenvalue weighted by atomic mass is 10.1. The first-order valence-electron chi connectivity index (χ1n) is 10.1. The second-order valence-corrected chi connectivity index (χ2v) is 7.92. The molecule has 0 radical (unpaired) electrons. The molecular formula is C22H26N2O6S2. The van der Waals surface area contributed by atoms with Gasteiger partial charge in [-0.05, 0) is 62.7 Å². The van der Waals surface area contributed by atoms with Crippen LogP contribution in [0.3, 0.4) is 0 Å². The van der Waals surface area contributed by atoms with E-state index in [9.17, 15) is 14.4 Å². The number of nitrogens with one attached hydrogen (secondary N) is 2. The molecule has 8 nitrogen and oxygen atoms in total. The summed E-state index contributed by atoms with van der Waals surface area (Å²) in [6.07, 6.45) is 0.911. The van der Waals surface area contributed by atoms with Crippen molar-refractivity contribution >= 4 is 51.5 Å². The number of thiophene rings is 1. The normalized spacial score (nSPS) is 10.2. The first-order chi connectivity index (χ1) is 15.3. The van der Waals surface area contributed by atoms with Crippen LogP contribution in [0.4, 0.5) is 5.00 Å². The van der Waals surface area contributed by atoms with E-state index >= 15 is 0 Å². The fraction of sp³-hybridized carbons (Fsp3) is 0.364. The molecule has 2 N–H and O–H groups in total. The van der Waals surface area contributed by atoms with Crippen molar-refractivity contribution in [2.75, 3.05) is 25.1 Å². The molecule has 1 heterocycles. The number of ether oxygens (including phenoxy) is 3. The maximum Gasteiger partial charge on any atom is 0.348 e. The minimum Gasteiger partial charge on any atom is -0.484 e. The number of thiocarbonyl (C=S) groups is 1. The highest BCUT2D eigenvalue weighted by atomic mass is 32.1. The van der Waals surface area contributed by atoms with Crippen LogP contribution in [0.5, 0.6) is 5.75 Å². The monoisotopic (exact) mass is 478 g/mol. The van der Waals surface area contributed by atoms with Crippen molar-refractivity contribution in [1.29, 1.82) is 0 Å². The van der Waals surface area contributed by atoms with Crippen LogP contribution in [-0.2, 0) is 20.7 Å². The van der Waals surface area contributed by atoms with Gasteiger partial charge in [0.2, 0.25) is 0 Å². The minimum atomic E-state index is -0.604. The van der Waals surface area contributed by atoms with Crippen LogP contribution in [0.25, 0.3) is 0 Å². The molecule has 0 fully saturated rings. The summed E-state index contributed by atoms with van der Waals surface area (Å²) >= 11 is 6.20. The molecule has 1 aromatic heterocycles. The fourth-order valence-electron chi connectivity index (χ4n) is 2.71. The standard InChI is InChI=1S/C22H26N2O6S2/c1-5-14-8-10-15(11-9-14)30-12-16(25)23-22(31)24-19-17(20(26)28-6-2)13(4)18(32-19)21(27)29-7-3/h8-11H,5-7,12H2,1-4H3,(H2,23,24,25,31). The summed E-state index contributed by atoms with van der Waals surface area (Å²) in [6, 6.07) is 7.44. The van der Waals surface area contributed by atoms with E-state index in [1.54, 1.807) is 32.9 Å². The molecule has 0 atom stereocenters. The van der Waals surface area contributed by atoms with E-state index in [1.807, 2.05) is 12.1 Å². The number of esters is 2. The van der Waals surface area contributed by atoms with E-state index in [4.69, 9.17) is 26.4 Å². The van der Waals surface area contributed by atoms with Crippen LogP contribution in [0.1, 0.15) is 51.9 Å². The highest BCUT2D eigenvalue weighted by Crippen LogP contribution is 2.34. The lowest BCUT2D eigenvalue weighted by molar-refractivity contribution is -0.121. The van der Waals surface area contributed by atoms with Crippen molar-refractivity contribution in [3.05, 3.63) is 45.8 Å². The van der Waals surface area contributed by atoms with Crippen molar-refractivity contribution < 1.29 is 28.6 Å². The molecular weight excluding hydrogens is 452 g/mol. The lowest BCUT2D eigenvalue weighted by Crippen LogP contribution is -2.37. The van der Waals surface area contributed by atoms with Crippen LogP contribution in [-0.4, -0.2) is 42.8 Å². The van der Waals surface area contributed by atoms with Crippen molar-refractivity contribution in [2.45, 2.75) is 34.1 Å². The predicted molar refractivity (Wildman–Crippen MR) is 127 cm³/mol. The molecule has 0 aliphatic rings. The number of hydrogen-bond acceptors (Lipinski definition) is 8. The Balaban J connectivity index is 2.06. The number of rotatable bonds is 9. The van der Waals surface area contributed by atoms with Gasteiger partial charge < -0.3 is 19.5 Å². The number of hydrogen-bond donors (Lipinski definition) is 2. The van der Waals surface area contributed by atoms with E-state index in [0.29, 0.717) is 11.3 Å². The molecule has 0 aliphatic heterocycles. The van der Waals surface area contributed by atoms with Crippen LogP contribution in [0.15, 0.2) is 24.3 Å². The number of aryl methyl sites for hydroxylation is 1. The van der Waals surface area contributed by atoms with Crippen LogP contribution < -0.4 is 15.4 Å². The van der Waals surface area contributed by atoms with Gasteiger partial charge in [-0.2, -0.15) is 0 Å². The molecule has 0 aliphatic carbocycles.